The van der Waals surface area contributed by atoms with Gasteiger partial charge in [0.2, 0.25) is 12.7 Å². The molecule has 0 spiro atoms. The summed E-state index contributed by atoms with van der Waals surface area (Å²) in [4.78, 5) is 0. The molecule has 0 aliphatic heterocycles. The molecule has 1 aromatic carbocycles. The molecule has 0 saturated heterocycles. The molecule has 0 bridgehead atoms. The summed E-state index contributed by atoms with van der Waals surface area (Å²) in [6, 6.07) is 8.05. The van der Waals surface area contributed by atoms with Crippen molar-refractivity contribution in [3.05, 3.63) is 41.6 Å². The van der Waals surface area contributed by atoms with Crippen molar-refractivity contribution in [3.63, 3.8) is 0 Å². The molecule has 1 heterocycles. The molecule has 0 amide bonds. The third kappa shape index (κ3) is 1.90. The lowest BCUT2D eigenvalue weighted by molar-refractivity contribution is -0.754. The average Bonchev–Trinajstić information content (AvgIpc) is 2.56. The zero-order valence-corrected chi connectivity index (χ0v) is 7.80. The third-order valence-electron chi connectivity index (χ3n) is 1.96. The predicted octanol–water partition coefficient (Wildman–Crippen LogP) is 0.392. The second-order valence-corrected chi connectivity index (χ2v) is 3.20. The molecule has 4 nitrogen and oxygen atoms in total. The molecule has 0 radical (unpaired) electrons. The van der Waals surface area contributed by atoms with Crippen LogP contribution in [0.3, 0.4) is 0 Å². The van der Waals surface area contributed by atoms with Gasteiger partial charge in [-0.05, 0) is 6.92 Å². The highest BCUT2D eigenvalue weighted by atomic mass is 16.6. The predicted molar refractivity (Wildman–Crippen MR) is 46.4 cm³/mol. The maximum atomic E-state index is 10.7. The monoisotopic (exact) mass is 190 g/mol. The van der Waals surface area contributed by atoms with E-state index in [0.717, 1.165) is 5.56 Å². The summed E-state index contributed by atoms with van der Waals surface area (Å²) >= 11 is 0. The molecule has 72 valence electrons. The van der Waals surface area contributed by atoms with E-state index in [9.17, 15) is 5.11 Å². The second-order valence-electron chi connectivity index (χ2n) is 3.20. The maximum Gasteiger partial charge on any atom is 0.221 e. The number of aromatic nitrogens is 2. The molecule has 1 aromatic heterocycles. The fourth-order valence-electron chi connectivity index (χ4n) is 1.22. The molecule has 0 fully saturated rings. The third-order valence-corrected chi connectivity index (χ3v) is 1.96. The molecule has 14 heavy (non-hydrogen) atoms. The molecule has 4 heteroatoms. The second kappa shape index (κ2) is 3.49. The van der Waals surface area contributed by atoms with Crippen molar-refractivity contribution in [2.75, 3.05) is 0 Å². The summed E-state index contributed by atoms with van der Waals surface area (Å²) in [5.74, 6) is -0.419. The van der Waals surface area contributed by atoms with Crippen LogP contribution in [0.2, 0.25) is 0 Å². The van der Waals surface area contributed by atoms with Crippen LogP contribution in [0.15, 0.2) is 35.0 Å². The number of benzene rings is 1. The van der Waals surface area contributed by atoms with Crippen LogP contribution in [0.25, 0.3) is 0 Å². The Kier molecular flexibility index (Phi) is 2.18. The molecular weight excluding hydrogens is 180 g/mol. The molecule has 0 aliphatic carbocycles. The Bertz CT molecular complexity index is 420. The van der Waals surface area contributed by atoms with Crippen LogP contribution >= 0.6 is 0 Å². The lowest BCUT2D eigenvalue weighted by Gasteiger charge is -1.94. The van der Waals surface area contributed by atoms with Gasteiger partial charge in [0.1, 0.15) is 5.95 Å². The van der Waals surface area contributed by atoms with E-state index in [1.165, 1.54) is 16.4 Å². The minimum Gasteiger partial charge on any atom is -0.539 e. The molecule has 0 saturated carbocycles. The molecule has 0 aliphatic rings. The highest BCUT2D eigenvalue weighted by Gasteiger charge is 2.04. The van der Waals surface area contributed by atoms with Crippen molar-refractivity contribution in [1.82, 2.24) is 5.27 Å². The van der Waals surface area contributed by atoms with Crippen molar-refractivity contribution in [2.24, 2.45) is 0 Å². The number of hydrogen-bond acceptors (Lipinski definition) is 3. The van der Waals surface area contributed by atoms with Crippen molar-refractivity contribution in [1.29, 1.82) is 0 Å². The Morgan fingerprint density at radius 2 is 2.07 bits per heavy atom. The summed E-state index contributed by atoms with van der Waals surface area (Å²) in [6.07, 6.45) is 1.33. The van der Waals surface area contributed by atoms with Gasteiger partial charge in [-0.25, -0.2) is 0 Å². The van der Waals surface area contributed by atoms with E-state index in [0.29, 0.717) is 6.54 Å². The van der Waals surface area contributed by atoms with Crippen molar-refractivity contribution < 1.29 is 14.3 Å². The molecule has 0 N–H and O–H groups in total. The van der Waals surface area contributed by atoms with E-state index < -0.39 is 5.95 Å². The fraction of sp³-hybridized carbons (Fsp3) is 0.200. The Labute approximate surface area is 81.4 Å². The first-order chi connectivity index (χ1) is 6.74. The number of hydrogen-bond donors (Lipinski definition) is 0. The largest absolute Gasteiger partial charge is 0.539 e. The molecular formula is C10H10N2O2. The van der Waals surface area contributed by atoms with Crippen molar-refractivity contribution in [3.8, 4) is 5.95 Å². The molecule has 0 unspecified atom stereocenters. The number of aryl methyl sites for hydroxylation is 1. The zero-order chi connectivity index (χ0) is 9.97. The summed E-state index contributed by atoms with van der Waals surface area (Å²) in [5, 5.41) is 14.2. The van der Waals surface area contributed by atoms with Gasteiger partial charge in [-0.15, -0.1) is 0 Å². The standard InChI is InChI=1S/C10H10N2O2/c1-8-2-4-9(5-3-8)6-12-7-10(13)14-11-12/h2-5,7H,6H2,1H3. The van der Waals surface area contributed by atoms with Crippen LogP contribution in [0.4, 0.5) is 0 Å². The molecule has 2 aromatic rings. The maximum absolute atomic E-state index is 10.7. The Balaban J connectivity index is 2.15. The van der Waals surface area contributed by atoms with Gasteiger partial charge in [0.25, 0.3) is 0 Å². The lowest BCUT2D eigenvalue weighted by Crippen LogP contribution is -2.35. The van der Waals surface area contributed by atoms with Crippen LogP contribution in [-0.2, 0) is 6.54 Å². The Hall–Kier alpha value is -1.84. The van der Waals surface area contributed by atoms with E-state index in [1.807, 2.05) is 31.2 Å². The number of nitrogens with zero attached hydrogens (tertiary/aromatic N) is 2. The van der Waals surface area contributed by atoms with Gasteiger partial charge in [-0.1, -0.05) is 34.5 Å². The van der Waals surface area contributed by atoms with Gasteiger partial charge in [0.05, 0.1) is 5.27 Å². The molecule has 2 rings (SSSR count). The number of rotatable bonds is 2. The van der Waals surface area contributed by atoms with E-state index in [-0.39, 0.29) is 0 Å². The quantitative estimate of drug-likeness (QED) is 0.644. The first-order valence-corrected chi connectivity index (χ1v) is 4.33. The summed E-state index contributed by atoms with van der Waals surface area (Å²) in [6.45, 7) is 2.59. The van der Waals surface area contributed by atoms with E-state index in [1.54, 1.807) is 0 Å². The van der Waals surface area contributed by atoms with E-state index >= 15 is 0 Å². The minimum atomic E-state index is -0.419. The van der Waals surface area contributed by atoms with E-state index in [2.05, 4.69) is 9.79 Å². The van der Waals surface area contributed by atoms with Gasteiger partial charge in [0.15, 0.2) is 0 Å². The zero-order valence-electron chi connectivity index (χ0n) is 7.80. The Morgan fingerprint density at radius 1 is 1.36 bits per heavy atom. The van der Waals surface area contributed by atoms with Crippen molar-refractivity contribution >= 4 is 0 Å². The summed E-state index contributed by atoms with van der Waals surface area (Å²) in [7, 11) is 0. The van der Waals surface area contributed by atoms with Gasteiger partial charge in [-0.2, -0.15) is 0 Å². The Morgan fingerprint density at radius 3 is 2.64 bits per heavy atom. The van der Waals surface area contributed by atoms with Crippen LogP contribution in [0.1, 0.15) is 11.1 Å². The van der Waals surface area contributed by atoms with Crippen LogP contribution in [-0.4, -0.2) is 5.27 Å². The normalized spacial score (nSPS) is 10.4. The SMILES string of the molecule is Cc1ccc(C[n+]2cc([O-])on2)cc1. The van der Waals surface area contributed by atoms with Gasteiger partial charge < -0.3 is 9.63 Å². The smallest absolute Gasteiger partial charge is 0.221 e. The topological polar surface area (TPSA) is 53.0 Å². The molecule has 0 atom stereocenters. The summed E-state index contributed by atoms with van der Waals surface area (Å²) in [5.41, 5.74) is 2.30. The summed E-state index contributed by atoms with van der Waals surface area (Å²) < 4.78 is 5.90. The van der Waals surface area contributed by atoms with Gasteiger partial charge in [0, 0.05) is 5.56 Å². The van der Waals surface area contributed by atoms with Gasteiger partial charge >= 0.3 is 0 Å². The minimum absolute atomic E-state index is 0.419. The van der Waals surface area contributed by atoms with Crippen LogP contribution < -0.4 is 9.79 Å². The highest BCUT2D eigenvalue weighted by Crippen LogP contribution is 2.02. The first kappa shape index (κ1) is 8.74. The first-order valence-electron chi connectivity index (χ1n) is 4.33. The fourth-order valence-corrected chi connectivity index (χ4v) is 1.22. The van der Waals surface area contributed by atoms with Crippen molar-refractivity contribution in [2.45, 2.75) is 13.5 Å². The average molecular weight is 190 g/mol. The van der Waals surface area contributed by atoms with Gasteiger partial charge in [-0.3, -0.25) is 0 Å². The lowest BCUT2D eigenvalue weighted by atomic mass is 10.1. The van der Waals surface area contributed by atoms with E-state index in [4.69, 9.17) is 0 Å². The van der Waals surface area contributed by atoms with Crippen LogP contribution in [0.5, 0.6) is 5.95 Å². The van der Waals surface area contributed by atoms with Crippen LogP contribution in [0, 0.1) is 6.92 Å². The highest BCUT2D eigenvalue weighted by molar-refractivity contribution is 5.20.